The molecule has 19 heavy (non-hydrogen) atoms. The summed E-state index contributed by atoms with van der Waals surface area (Å²) in [5, 5.41) is 16.4. The molecule has 0 saturated carbocycles. The summed E-state index contributed by atoms with van der Waals surface area (Å²) in [7, 11) is 0. The lowest BCUT2D eigenvalue weighted by Gasteiger charge is -2.28. The van der Waals surface area contributed by atoms with Crippen molar-refractivity contribution in [1.29, 1.82) is 0 Å². The van der Waals surface area contributed by atoms with Crippen LogP contribution in [-0.2, 0) is 9.59 Å². The van der Waals surface area contributed by atoms with Gasteiger partial charge in [-0.15, -0.1) is 0 Å². The molecule has 4 N–H and O–H groups in total. The summed E-state index contributed by atoms with van der Waals surface area (Å²) in [6.07, 6.45) is 0. The molecule has 0 radical (unpaired) electrons. The molecule has 0 bridgehead atoms. The molecule has 3 amide bonds. The number of urea groups is 1. The van der Waals surface area contributed by atoms with Crippen molar-refractivity contribution in [3.05, 3.63) is 0 Å². The van der Waals surface area contributed by atoms with Gasteiger partial charge in [0.05, 0.1) is 0 Å². The number of hydrogen-bond acceptors (Lipinski definition) is 3. The number of aliphatic carboxylic acids is 1. The van der Waals surface area contributed by atoms with Crippen LogP contribution in [0.2, 0.25) is 0 Å². The maximum atomic E-state index is 11.7. The van der Waals surface area contributed by atoms with E-state index in [1.54, 1.807) is 27.7 Å². The minimum Gasteiger partial charge on any atom is -0.480 e. The minimum atomic E-state index is -1.12. The highest BCUT2D eigenvalue weighted by Gasteiger charge is 2.33. The molecule has 0 spiro atoms. The lowest BCUT2D eigenvalue weighted by atomic mass is 9.87. The lowest BCUT2D eigenvalue weighted by molar-refractivity contribution is -0.141. The first-order valence-electron chi connectivity index (χ1n) is 6.17. The Hall–Kier alpha value is -1.79. The Balaban J connectivity index is 4.52. The van der Waals surface area contributed by atoms with Gasteiger partial charge in [0.1, 0.15) is 12.1 Å². The Kier molecular flexibility index (Phi) is 6.31. The monoisotopic (exact) mass is 273 g/mol. The van der Waals surface area contributed by atoms with Gasteiger partial charge in [0, 0.05) is 6.54 Å². The highest BCUT2D eigenvalue weighted by Crippen LogP contribution is 2.19. The molecular formula is C12H23N3O4. The van der Waals surface area contributed by atoms with Gasteiger partial charge in [0.2, 0.25) is 5.91 Å². The molecule has 0 aromatic carbocycles. The van der Waals surface area contributed by atoms with Crippen molar-refractivity contribution in [1.82, 2.24) is 16.0 Å². The van der Waals surface area contributed by atoms with Gasteiger partial charge in [0.25, 0.3) is 0 Å². The van der Waals surface area contributed by atoms with Gasteiger partial charge in [-0.25, -0.2) is 9.59 Å². The number of rotatable bonds is 5. The average molecular weight is 273 g/mol. The second-order valence-corrected chi connectivity index (χ2v) is 5.37. The van der Waals surface area contributed by atoms with Gasteiger partial charge in [-0.05, 0) is 19.3 Å². The quantitative estimate of drug-likeness (QED) is 0.578. The molecule has 0 rings (SSSR count). The summed E-state index contributed by atoms with van der Waals surface area (Å²) in [5.41, 5.74) is -0.627. The molecule has 0 aliphatic heterocycles. The van der Waals surface area contributed by atoms with Gasteiger partial charge in [0.15, 0.2) is 0 Å². The number of amides is 3. The van der Waals surface area contributed by atoms with E-state index in [0.29, 0.717) is 6.54 Å². The van der Waals surface area contributed by atoms with Gasteiger partial charge in [-0.2, -0.15) is 0 Å². The number of carbonyl (C=O) groups is 3. The van der Waals surface area contributed by atoms with E-state index in [1.165, 1.54) is 6.92 Å². The fourth-order valence-corrected chi connectivity index (χ4v) is 1.41. The maximum absolute atomic E-state index is 11.7. The summed E-state index contributed by atoms with van der Waals surface area (Å²) < 4.78 is 0. The summed E-state index contributed by atoms with van der Waals surface area (Å²) in [5.74, 6) is -1.44. The van der Waals surface area contributed by atoms with Crippen LogP contribution in [0.3, 0.4) is 0 Å². The van der Waals surface area contributed by atoms with Crippen LogP contribution in [0.5, 0.6) is 0 Å². The first-order valence-corrected chi connectivity index (χ1v) is 6.17. The first-order chi connectivity index (χ1) is 8.59. The van der Waals surface area contributed by atoms with Gasteiger partial charge >= 0.3 is 12.0 Å². The molecule has 7 heteroatoms. The SMILES string of the molecule is CCNC(=O)C(C)NC(=O)N[C@@H](C(=O)O)C(C)(C)C. The topological polar surface area (TPSA) is 108 Å². The highest BCUT2D eigenvalue weighted by atomic mass is 16.4. The molecule has 0 aliphatic carbocycles. The molecular weight excluding hydrogens is 250 g/mol. The number of nitrogens with one attached hydrogen (secondary N) is 3. The van der Waals surface area contributed by atoms with E-state index in [4.69, 9.17) is 5.11 Å². The molecule has 0 heterocycles. The Morgan fingerprint density at radius 3 is 2.05 bits per heavy atom. The van der Waals surface area contributed by atoms with Crippen LogP contribution in [0.4, 0.5) is 4.79 Å². The molecule has 0 fully saturated rings. The van der Waals surface area contributed by atoms with E-state index >= 15 is 0 Å². The lowest BCUT2D eigenvalue weighted by Crippen LogP contribution is -2.55. The van der Waals surface area contributed by atoms with Crippen LogP contribution in [0.15, 0.2) is 0 Å². The van der Waals surface area contributed by atoms with Gasteiger partial charge in [-0.1, -0.05) is 20.8 Å². The van der Waals surface area contributed by atoms with E-state index in [-0.39, 0.29) is 5.91 Å². The second kappa shape index (κ2) is 6.96. The average Bonchev–Trinajstić information content (AvgIpc) is 2.24. The Bertz CT molecular complexity index is 349. The number of carboxylic acids is 1. The molecule has 2 atom stereocenters. The van der Waals surface area contributed by atoms with Gasteiger partial charge in [-0.3, -0.25) is 4.79 Å². The molecule has 0 aromatic rings. The zero-order valence-electron chi connectivity index (χ0n) is 12.0. The number of likely N-dealkylation sites (N-methyl/N-ethyl adjacent to an activating group) is 1. The number of hydrogen-bond donors (Lipinski definition) is 4. The highest BCUT2D eigenvalue weighted by molar-refractivity contribution is 5.88. The number of carbonyl (C=O) groups excluding carboxylic acids is 2. The summed E-state index contributed by atoms with van der Waals surface area (Å²) in [4.78, 5) is 34.2. The first kappa shape index (κ1) is 17.2. The zero-order chi connectivity index (χ0) is 15.2. The van der Waals surface area contributed by atoms with Crippen molar-refractivity contribution < 1.29 is 19.5 Å². The van der Waals surface area contributed by atoms with Crippen molar-refractivity contribution in [2.75, 3.05) is 6.54 Å². The molecule has 1 unspecified atom stereocenters. The summed E-state index contributed by atoms with van der Waals surface area (Å²) >= 11 is 0. The van der Waals surface area contributed by atoms with Crippen molar-refractivity contribution in [3.63, 3.8) is 0 Å². The third-order valence-corrected chi connectivity index (χ3v) is 2.48. The molecule has 0 aromatic heterocycles. The van der Waals surface area contributed by atoms with Crippen LogP contribution < -0.4 is 16.0 Å². The van der Waals surface area contributed by atoms with E-state index < -0.39 is 29.5 Å². The van der Waals surface area contributed by atoms with E-state index in [2.05, 4.69) is 16.0 Å². The minimum absolute atomic E-state index is 0.319. The van der Waals surface area contributed by atoms with Crippen LogP contribution in [0.25, 0.3) is 0 Å². The van der Waals surface area contributed by atoms with E-state index in [1.807, 2.05) is 0 Å². The predicted molar refractivity (Wildman–Crippen MR) is 70.7 cm³/mol. The van der Waals surface area contributed by atoms with Crippen molar-refractivity contribution in [2.45, 2.75) is 46.7 Å². The third-order valence-electron chi connectivity index (χ3n) is 2.48. The fraction of sp³-hybridized carbons (Fsp3) is 0.750. The van der Waals surface area contributed by atoms with Crippen LogP contribution in [0.1, 0.15) is 34.6 Å². The predicted octanol–water partition coefficient (Wildman–Crippen LogP) is 0.310. The fourth-order valence-electron chi connectivity index (χ4n) is 1.41. The normalized spacial score (nSPS) is 14.2. The third kappa shape index (κ3) is 6.08. The van der Waals surface area contributed by atoms with Gasteiger partial charge < -0.3 is 21.1 Å². The zero-order valence-corrected chi connectivity index (χ0v) is 12.0. The maximum Gasteiger partial charge on any atom is 0.326 e. The Morgan fingerprint density at radius 2 is 1.68 bits per heavy atom. The molecule has 7 nitrogen and oxygen atoms in total. The molecule has 0 aliphatic rings. The van der Waals surface area contributed by atoms with E-state index in [0.717, 1.165) is 0 Å². The van der Waals surface area contributed by atoms with Crippen molar-refractivity contribution in [2.24, 2.45) is 5.41 Å². The van der Waals surface area contributed by atoms with E-state index in [9.17, 15) is 14.4 Å². The van der Waals surface area contributed by atoms with Crippen LogP contribution >= 0.6 is 0 Å². The van der Waals surface area contributed by atoms with Crippen molar-refractivity contribution >= 4 is 17.9 Å². The summed E-state index contributed by atoms with van der Waals surface area (Å²) in [6, 6.07) is -2.44. The Labute approximate surface area is 113 Å². The van der Waals surface area contributed by atoms with Crippen LogP contribution in [-0.4, -0.2) is 41.6 Å². The standard InChI is InChI=1S/C12H23N3O4/c1-6-13-9(16)7(2)14-11(19)15-8(10(17)18)12(3,4)5/h7-8H,6H2,1-5H3,(H,13,16)(H,17,18)(H2,14,15,19)/t7?,8-/m0/s1. The molecule has 110 valence electrons. The Morgan fingerprint density at radius 1 is 1.16 bits per heavy atom. The van der Waals surface area contributed by atoms with Crippen LogP contribution in [0, 0.1) is 5.41 Å². The smallest absolute Gasteiger partial charge is 0.326 e. The summed E-state index contributed by atoms with van der Waals surface area (Å²) in [6.45, 7) is 8.88. The largest absolute Gasteiger partial charge is 0.480 e. The molecule has 0 saturated heterocycles. The second-order valence-electron chi connectivity index (χ2n) is 5.37. The number of carboxylic acid groups (broad SMARTS) is 1. The van der Waals surface area contributed by atoms with Crippen molar-refractivity contribution in [3.8, 4) is 0 Å².